The second kappa shape index (κ2) is 8.83. The second-order valence-corrected chi connectivity index (χ2v) is 0.986. The Bertz CT molecular complexity index is 79.2. The van der Waals surface area contributed by atoms with Crippen LogP contribution in [0.3, 0.4) is 0 Å². The summed E-state index contributed by atoms with van der Waals surface area (Å²) in [5, 5.41) is 0. The fourth-order valence-electron chi connectivity index (χ4n) is 0. The van der Waals surface area contributed by atoms with E-state index < -0.39 is 21.3 Å². The van der Waals surface area contributed by atoms with Gasteiger partial charge in [0.25, 0.3) is 0 Å². The third kappa shape index (κ3) is 9.26. The van der Waals surface area contributed by atoms with Crippen molar-refractivity contribution in [2.24, 2.45) is 0 Å². The minimum absolute atomic E-state index is 0. The van der Waals surface area contributed by atoms with E-state index in [1.165, 1.54) is 0 Å². The zero-order chi connectivity index (χ0) is 2.71. The van der Waals surface area contributed by atoms with Gasteiger partial charge in [-0.25, -0.2) is 0 Å². The summed E-state index contributed by atoms with van der Waals surface area (Å²) in [6.45, 7) is 0. The van der Waals surface area contributed by atoms with Gasteiger partial charge in [-0.15, -0.1) is 0 Å². The molecule has 0 saturated carbocycles. The van der Waals surface area contributed by atoms with E-state index in [-0.39, 0.29) is 22.4 Å². The van der Waals surface area contributed by atoms with Gasteiger partial charge in [0.1, 0.15) is 0 Å². The molecule has 0 aromatic heterocycles. The van der Waals surface area contributed by atoms with Gasteiger partial charge in [0.2, 0.25) is 0 Å². The van der Waals surface area contributed by atoms with Gasteiger partial charge in [-0.05, 0) is 0 Å². The SMILES string of the molecule is [Au].[B]#[Zr]#[B]. The van der Waals surface area contributed by atoms with Crippen LogP contribution in [-0.2, 0) is 43.7 Å². The first-order chi connectivity index (χ1) is 1.41. The zero-order valence-corrected chi connectivity index (χ0v) is 6.58. The van der Waals surface area contributed by atoms with Crippen LogP contribution in [-0.4, -0.2) is 9.45 Å². The van der Waals surface area contributed by atoms with Crippen molar-refractivity contribution in [1.82, 2.24) is 0 Å². The van der Waals surface area contributed by atoms with Crippen molar-refractivity contribution >= 4 is 9.45 Å². The minimum atomic E-state index is -0.770. The Morgan fingerprint density at radius 2 is 1.25 bits per heavy atom. The first kappa shape index (κ1) is 9.23. The Morgan fingerprint density at radius 1 is 1.25 bits per heavy atom. The normalized spacial score (nSPS) is 6.00. The summed E-state index contributed by atoms with van der Waals surface area (Å²) in [5.41, 5.74) is 0. The quantitative estimate of drug-likeness (QED) is 0.516. The van der Waals surface area contributed by atoms with Gasteiger partial charge >= 0.3 is 30.8 Å². The molecule has 0 amide bonds. The molecular formula is AuB2Zr. The third-order valence-corrected chi connectivity index (χ3v) is 0. The molecule has 0 unspecified atom stereocenters. The molecule has 0 rings (SSSR count). The Labute approximate surface area is 52.6 Å². The molecule has 0 heterocycles. The predicted octanol–water partition coefficient (Wildman–Crippen LogP) is -0.767. The summed E-state index contributed by atoms with van der Waals surface area (Å²) in [6, 6.07) is 0. The molecule has 0 aliphatic rings. The maximum absolute atomic E-state index is 4.80. The van der Waals surface area contributed by atoms with Crippen molar-refractivity contribution < 1.29 is 43.7 Å². The average Bonchev–Trinajstić information content (AvgIpc) is 0.918. The topological polar surface area (TPSA) is 0 Å². The second-order valence-electron chi connectivity index (χ2n) is 0.167. The standard InChI is InChI=1S/Au.2B.Zr. The Hall–Kier alpha value is 1.75. The fourth-order valence-corrected chi connectivity index (χ4v) is 0. The van der Waals surface area contributed by atoms with Crippen LogP contribution in [0.15, 0.2) is 0 Å². The van der Waals surface area contributed by atoms with Crippen molar-refractivity contribution in [2.75, 3.05) is 0 Å². The van der Waals surface area contributed by atoms with Gasteiger partial charge < -0.3 is 0 Å². The van der Waals surface area contributed by atoms with Crippen molar-refractivity contribution in [3.63, 3.8) is 0 Å². The summed E-state index contributed by atoms with van der Waals surface area (Å²) in [7, 11) is 0. The van der Waals surface area contributed by atoms with E-state index in [2.05, 4.69) is 0 Å². The van der Waals surface area contributed by atoms with Gasteiger partial charge in [-0.1, -0.05) is 0 Å². The third-order valence-electron chi connectivity index (χ3n) is 0. The first-order valence-electron chi connectivity index (χ1n) is 0.577. The average molecular weight is 310 g/mol. The van der Waals surface area contributed by atoms with Crippen molar-refractivity contribution in [3.8, 4) is 0 Å². The molecule has 0 N–H and O–H groups in total. The van der Waals surface area contributed by atoms with Crippen LogP contribution in [0.5, 0.6) is 0 Å². The van der Waals surface area contributed by atoms with Crippen LogP contribution in [0.25, 0.3) is 0 Å². The molecule has 4 heteroatoms. The van der Waals surface area contributed by atoms with Crippen LogP contribution < -0.4 is 0 Å². The molecule has 0 aromatic carbocycles. The Morgan fingerprint density at radius 3 is 1.25 bits per heavy atom. The zero-order valence-electron chi connectivity index (χ0n) is 1.96. The molecule has 4 heavy (non-hydrogen) atoms. The molecule has 0 atom stereocenters. The van der Waals surface area contributed by atoms with E-state index in [0.717, 1.165) is 0 Å². The molecule has 0 saturated heterocycles. The van der Waals surface area contributed by atoms with Crippen molar-refractivity contribution in [2.45, 2.75) is 0 Å². The van der Waals surface area contributed by atoms with Crippen LogP contribution >= 0.6 is 0 Å². The van der Waals surface area contributed by atoms with Crippen LogP contribution in [0.4, 0.5) is 0 Å². The molecule has 0 nitrogen and oxygen atoms in total. The number of hydrogen-bond donors (Lipinski definition) is 0. The number of hydrogen-bond acceptors (Lipinski definition) is 0. The summed E-state index contributed by atoms with van der Waals surface area (Å²) in [6.07, 6.45) is 0. The molecule has 21 valence electrons. The molecule has 0 fully saturated rings. The van der Waals surface area contributed by atoms with E-state index in [0.29, 0.717) is 0 Å². The summed E-state index contributed by atoms with van der Waals surface area (Å²) >= 11 is -0.770. The summed E-state index contributed by atoms with van der Waals surface area (Å²) in [5.74, 6) is 0. The molecular weight excluding hydrogens is 310 g/mol. The van der Waals surface area contributed by atoms with E-state index in [4.69, 9.17) is 9.45 Å². The van der Waals surface area contributed by atoms with E-state index >= 15 is 0 Å². The van der Waals surface area contributed by atoms with E-state index in [1.54, 1.807) is 0 Å². The monoisotopic (exact) mass is 309 g/mol. The van der Waals surface area contributed by atoms with Gasteiger partial charge in [-0.2, -0.15) is 0 Å². The van der Waals surface area contributed by atoms with Gasteiger partial charge in [0.15, 0.2) is 0 Å². The number of rotatable bonds is 0. The van der Waals surface area contributed by atoms with Crippen LogP contribution in [0.1, 0.15) is 0 Å². The van der Waals surface area contributed by atoms with E-state index in [1.807, 2.05) is 0 Å². The fraction of sp³-hybridized carbons (Fsp3) is 0. The van der Waals surface area contributed by atoms with Gasteiger partial charge in [0, 0.05) is 22.4 Å². The summed E-state index contributed by atoms with van der Waals surface area (Å²) < 4.78 is 9.59. The Balaban J connectivity index is 0. The predicted molar refractivity (Wildman–Crippen MR) is 11.5 cm³/mol. The van der Waals surface area contributed by atoms with E-state index in [9.17, 15) is 0 Å². The molecule has 0 aromatic rings. The Kier molecular flexibility index (Phi) is 20.4. The van der Waals surface area contributed by atoms with Crippen LogP contribution in [0.2, 0.25) is 0 Å². The van der Waals surface area contributed by atoms with Gasteiger partial charge in [-0.3, -0.25) is 0 Å². The summed E-state index contributed by atoms with van der Waals surface area (Å²) in [4.78, 5) is 0. The molecule has 0 aliphatic carbocycles. The van der Waals surface area contributed by atoms with Crippen molar-refractivity contribution in [1.29, 1.82) is 0 Å². The maximum atomic E-state index is 4.80. The van der Waals surface area contributed by atoms with Crippen molar-refractivity contribution in [3.05, 3.63) is 0 Å². The van der Waals surface area contributed by atoms with Crippen LogP contribution in [0, 0.1) is 0 Å². The molecule has 1 radical (unpaired) electrons. The molecule has 0 bridgehead atoms. The first-order valence-corrected chi connectivity index (χ1v) is 3.42. The van der Waals surface area contributed by atoms with Gasteiger partial charge in [0.05, 0.1) is 0 Å². The molecule has 0 aliphatic heterocycles. The molecule has 0 spiro atoms.